The van der Waals surface area contributed by atoms with E-state index in [2.05, 4.69) is 10.4 Å². The predicted octanol–water partition coefficient (Wildman–Crippen LogP) is 1.93. The molecule has 1 aromatic carbocycles. The number of hydrogen-bond donors (Lipinski definition) is 2. The van der Waals surface area contributed by atoms with Gasteiger partial charge in [-0.3, -0.25) is 9.48 Å². The molecule has 0 aliphatic carbocycles. The molecule has 0 aliphatic heterocycles. The minimum Gasteiger partial charge on any atom is -0.389 e. The number of aryl methyl sites for hydroxylation is 3. The topological polar surface area (TPSA) is 72.9 Å². The van der Waals surface area contributed by atoms with Gasteiger partial charge in [0.25, 0.3) is 0 Å². The molecule has 21 heavy (non-hydrogen) atoms. The van der Waals surface area contributed by atoms with E-state index in [1.165, 1.54) is 5.56 Å². The lowest BCUT2D eigenvalue weighted by atomic mass is 10.1. The lowest BCUT2D eigenvalue weighted by molar-refractivity contribution is -0.116. The number of amides is 1. The molecule has 0 fully saturated rings. The van der Waals surface area contributed by atoms with Gasteiger partial charge in [0.05, 0.1) is 11.8 Å². The third-order valence-corrected chi connectivity index (χ3v) is 3.44. The van der Waals surface area contributed by atoms with Crippen molar-refractivity contribution in [3.63, 3.8) is 0 Å². The van der Waals surface area contributed by atoms with E-state index in [1.807, 2.05) is 31.2 Å². The number of nitrogens with one attached hydrogen (secondary N) is 1. The van der Waals surface area contributed by atoms with Crippen molar-refractivity contribution in [1.82, 2.24) is 9.78 Å². The van der Waals surface area contributed by atoms with Crippen LogP contribution in [0.5, 0.6) is 0 Å². The smallest absolute Gasteiger partial charge is 0.225 e. The summed E-state index contributed by atoms with van der Waals surface area (Å²) in [5.41, 5.74) is 8.53. The molecule has 0 saturated heterocycles. The first-order valence-corrected chi connectivity index (χ1v) is 7.05. The van der Waals surface area contributed by atoms with E-state index in [1.54, 1.807) is 17.9 Å². The van der Waals surface area contributed by atoms with Crippen molar-refractivity contribution in [3.05, 3.63) is 47.2 Å². The molecule has 0 unspecified atom stereocenters. The zero-order valence-electron chi connectivity index (χ0n) is 12.1. The molecule has 5 nitrogen and oxygen atoms in total. The fourth-order valence-corrected chi connectivity index (χ4v) is 2.12. The molecule has 0 atom stereocenters. The monoisotopic (exact) mass is 302 g/mol. The number of carbonyl (C=O) groups excluding carboxylic acids is 1. The van der Waals surface area contributed by atoms with Crippen molar-refractivity contribution in [2.24, 2.45) is 12.8 Å². The highest BCUT2D eigenvalue weighted by atomic mass is 32.1. The average molecular weight is 302 g/mol. The number of anilines is 1. The van der Waals surface area contributed by atoms with Crippen molar-refractivity contribution >= 4 is 28.9 Å². The number of benzene rings is 1. The molecule has 1 amide bonds. The minimum atomic E-state index is -0.0864. The van der Waals surface area contributed by atoms with Gasteiger partial charge < -0.3 is 11.1 Å². The second-order valence-electron chi connectivity index (χ2n) is 4.93. The summed E-state index contributed by atoms with van der Waals surface area (Å²) >= 11 is 4.94. The zero-order valence-corrected chi connectivity index (χ0v) is 12.9. The van der Waals surface area contributed by atoms with Crippen LogP contribution in [0, 0.1) is 6.92 Å². The normalized spacial score (nSPS) is 10.4. The first-order valence-electron chi connectivity index (χ1n) is 6.64. The third-order valence-electron chi connectivity index (χ3n) is 3.22. The number of nitrogens with two attached hydrogens (primary N) is 1. The van der Waals surface area contributed by atoms with Crippen LogP contribution in [0.15, 0.2) is 30.5 Å². The van der Waals surface area contributed by atoms with Gasteiger partial charge in [-0.25, -0.2) is 0 Å². The molecule has 3 N–H and O–H groups in total. The molecular weight excluding hydrogens is 284 g/mol. The predicted molar refractivity (Wildman–Crippen MR) is 87.2 cm³/mol. The Morgan fingerprint density at radius 3 is 2.67 bits per heavy atom. The van der Waals surface area contributed by atoms with Crippen LogP contribution in [0.3, 0.4) is 0 Å². The van der Waals surface area contributed by atoms with Gasteiger partial charge >= 0.3 is 0 Å². The number of hydrogen-bond acceptors (Lipinski definition) is 3. The van der Waals surface area contributed by atoms with Crippen LogP contribution in [0.25, 0.3) is 0 Å². The van der Waals surface area contributed by atoms with Gasteiger partial charge in [0.2, 0.25) is 5.91 Å². The lowest BCUT2D eigenvalue weighted by Crippen LogP contribution is -2.19. The Bertz CT molecular complexity index is 661. The first kappa shape index (κ1) is 15.2. The highest BCUT2D eigenvalue weighted by Gasteiger charge is 2.13. The van der Waals surface area contributed by atoms with Gasteiger partial charge in [0, 0.05) is 13.5 Å². The van der Waals surface area contributed by atoms with Crippen LogP contribution in [0.1, 0.15) is 23.1 Å². The van der Waals surface area contributed by atoms with Crippen molar-refractivity contribution in [1.29, 1.82) is 0 Å². The standard InChI is InChI=1S/C15H18N4OS/c1-10-3-5-11(6-4-10)7-8-13(20)18-15-12(14(16)21)9-17-19(15)2/h3-6,9H,7-8H2,1-2H3,(H2,16,21)(H,18,20). The number of carbonyl (C=O) groups is 1. The molecule has 0 aliphatic rings. The quantitative estimate of drug-likeness (QED) is 0.828. The van der Waals surface area contributed by atoms with E-state index < -0.39 is 0 Å². The number of rotatable bonds is 5. The molecule has 0 spiro atoms. The summed E-state index contributed by atoms with van der Waals surface area (Å²) in [6.45, 7) is 2.04. The molecule has 6 heteroatoms. The van der Waals surface area contributed by atoms with Crippen molar-refractivity contribution < 1.29 is 4.79 Å². The summed E-state index contributed by atoms with van der Waals surface area (Å²) in [6, 6.07) is 8.15. The van der Waals surface area contributed by atoms with Crippen molar-refractivity contribution in [2.45, 2.75) is 19.8 Å². The SMILES string of the molecule is Cc1ccc(CCC(=O)Nc2c(C(N)=S)cnn2C)cc1. The largest absolute Gasteiger partial charge is 0.389 e. The number of nitrogens with zero attached hydrogens (tertiary/aromatic N) is 2. The van der Waals surface area contributed by atoms with Gasteiger partial charge in [-0.05, 0) is 18.9 Å². The maximum Gasteiger partial charge on any atom is 0.225 e. The Kier molecular flexibility index (Phi) is 4.70. The Morgan fingerprint density at radius 1 is 1.38 bits per heavy atom. The molecule has 1 heterocycles. The van der Waals surface area contributed by atoms with Gasteiger partial charge in [-0.1, -0.05) is 42.0 Å². The first-order chi connectivity index (χ1) is 9.97. The van der Waals surface area contributed by atoms with Crippen LogP contribution in [-0.4, -0.2) is 20.7 Å². The second-order valence-corrected chi connectivity index (χ2v) is 5.37. The Balaban J connectivity index is 1.97. The Morgan fingerprint density at radius 2 is 2.05 bits per heavy atom. The van der Waals surface area contributed by atoms with E-state index >= 15 is 0 Å². The molecule has 110 valence electrons. The van der Waals surface area contributed by atoms with E-state index in [-0.39, 0.29) is 10.9 Å². The number of aromatic nitrogens is 2. The van der Waals surface area contributed by atoms with Crippen LogP contribution < -0.4 is 11.1 Å². The maximum absolute atomic E-state index is 12.0. The van der Waals surface area contributed by atoms with Crippen molar-refractivity contribution in [3.8, 4) is 0 Å². The van der Waals surface area contributed by atoms with E-state index in [0.717, 1.165) is 5.56 Å². The molecular formula is C15H18N4OS. The lowest BCUT2D eigenvalue weighted by Gasteiger charge is -2.08. The zero-order chi connectivity index (χ0) is 15.4. The highest BCUT2D eigenvalue weighted by molar-refractivity contribution is 7.80. The summed E-state index contributed by atoms with van der Waals surface area (Å²) < 4.78 is 1.55. The molecule has 0 bridgehead atoms. The molecule has 2 rings (SSSR count). The summed E-state index contributed by atoms with van der Waals surface area (Å²) in [5, 5.41) is 6.87. The summed E-state index contributed by atoms with van der Waals surface area (Å²) in [4.78, 5) is 12.3. The fraction of sp³-hybridized carbons (Fsp3) is 0.267. The van der Waals surface area contributed by atoms with Crippen molar-refractivity contribution in [2.75, 3.05) is 5.32 Å². The Hall–Kier alpha value is -2.21. The van der Waals surface area contributed by atoms with Crippen LogP contribution >= 0.6 is 12.2 Å². The molecule has 0 radical (unpaired) electrons. The van der Waals surface area contributed by atoms with Gasteiger partial charge in [-0.2, -0.15) is 5.10 Å². The van der Waals surface area contributed by atoms with Crippen LogP contribution in [-0.2, 0) is 18.3 Å². The van der Waals surface area contributed by atoms with Gasteiger partial charge in [0.1, 0.15) is 10.8 Å². The summed E-state index contributed by atoms with van der Waals surface area (Å²) in [7, 11) is 1.73. The fourth-order valence-electron chi connectivity index (χ4n) is 1.97. The van der Waals surface area contributed by atoms with E-state index in [4.69, 9.17) is 18.0 Å². The van der Waals surface area contributed by atoms with Crippen LogP contribution in [0.4, 0.5) is 5.82 Å². The minimum absolute atomic E-state index is 0.0864. The highest BCUT2D eigenvalue weighted by Crippen LogP contribution is 2.14. The third kappa shape index (κ3) is 3.88. The molecule has 2 aromatic rings. The molecule has 1 aromatic heterocycles. The van der Waals surface area contributed by atoms with Gasteiger partial charge in [0.15, 0.2) is 0 Å². The summed E-state index contributed by atoms with van der Waals surface area (Å²) in [5.74, 6) is 0.452. The average Bonchev–Trinajstić information content (AvgIpc) is 2.80. The van der Waals surface area contributed by atoms with Gasteiger partial charge in [-0.15, -0.1) is 0 Å². The molecule has 0 saturated carbocycles. The second kappa shape index (κ2) is 6.49. The number of thiocarbonyl (C=S) groups is 1. The maximum atomic E-state index is 12.0. The summed E-state index contributed by atoms with van der Waals surface area (Å²) in [6.07, 6.45) is 2.63. The Labute approximate surface area is 129 Å². The van der Waals surface area contributed by atoms with E-state index in [0.29, 0.717) is 24.2 Å². The van der Waals surface area contributed by atoms with E-state index in [9.17, 15) is 4.79 Å². The van der Waals surface area contributed by atoms with Crippen LogP contribution in [0.2, 0.25) is 0 Å².